The van der Waals surface area contributed by atoms with E-state index in [0.29, 0.717) is 10.7 Å². The van der Waals surface area contributed by atoms with Crippen LogP contribution >= 0.6 is 11.3 Å². The third kappa shape index (κ3) is 2.90. The molecule has 0 spiro atoms. The Morgan fingerprint density at radius 3 is 2.83 bits per heavy atom. The molecule has 128 valence electrons. The standard InChI is InChI=1S/C18H22N2O3S/c1-10(2)6-13-15(18(13,4)5)16(22)23-8-12-7-14(21)20-11(3)9-24-17(20)19-12/h6-7,9,13,15H,8H2,1-5H3/t13-,15-/m0/s1. The number of fused-ring (bicyclic) bond motifs is 1. The number of aromatic nitrogens is 2. The number of aryl methyl sites for hydroxylation is 1. The Hall–Kier alpha value is -1.95. The van der Waals surface area contributed by atoms with Crippen LogP contribution in [0.25, 0.3) is 4.96 Å². The van der Waals surface area contributed by atoms with Crippen LogP contribution in [0, 0.1) is 24.2 Å². The molecule has 3 rings (SSSR count). The molecule has 0 saturated heterocycles. The van der Waals surface area contributed by atoms with Crippen molar-refractivity contribution in [3.8, 4) is 0 Å². The lowest BCUT2D eigenvalue weighted by atomic mass is 10.1. The fraction of sp³-hybridized carbons (Fsp3) is 0.500. The van der Waals surface area contributed by atoms with Gasteiger partial charge in [0.15, 0.2) is 4.96 Å². The predicted molar refractivity (Wildman–Crippen MR) is 94.1 cm³/mol. The molecule has 2 atom stereocenters. The minimum atomic E-state index is -0.216. The molecule has 2 aromatic rings. The van der Waals surface area contributed by atoms with Crippen molar-refractivity contribution in [3.05, 3.63) is 44.8 Å². The first-order chi connectivity index (χ1) is 11.2. The number of hydrogen-bond donors (Lipinski definition) is 0. The van der Waals surface area contributed by atoms with Crippen LogP contribution in [-0.2, 0) is 16.1 Å². The van der Waals surface area contributed by atoms with Gasteiger partial charge in [-0.05, 0) is 32.1 Å². The summed E-state index contributed by atoms with van der Waals surface area (Å²) in [6.45, 7) is 10.1. The van der Waals surface area contributed by atoms with Crippen LogP contribution < -0.4 is 5.56 Å². The summed E-state index contributed by atoms with van der Waals surface area (Å²) in [6.07, 6.45) is 2.14. The van der Waals surface area contributed by atoms with E-state index >= 15 is 0 Å². The summed E-state index contributed by atoms with van der Waals surface area (Å²) in [4.78, 5) is 29.5. The molecule has 6 heteroatoms. The number of ether oxygens (including phenoxy) is 1. The first kappa shape index (κ1) is 16.9. The van der Waals surface area contributed by atoms with Crippen LogP contribution in [0.1, 0.15) is 39.1 Å². The zero-order valence-corrected chi connectivity index (χ0v) is 15.4. The second-order valence-electron chi connectivity index (χ2n) is 7.26. The number of thiazole rings is 1. The third-order valence-corrected chi connectivity index (χ3v) is 5.61. The van der Waals surface area contributed by atoms with Crippen LogP contribution in [0.2, 0.25) is 0 Å². The molecule has 1 fully saturated rings. The van der Waals surface area contributed by atoms with E-state index in [9.17, 15) is 9.59 Å². The molecule has 0 amide bonds. The van der Waals surface area contributed by atoms with E-state index in [1.807, 2.05) is 26.2 Å². The van der Waals surface area contributed by atoms with Gasteiger partial charge in [-0.25, -0.2) is 4.98 Å². The Morgan fingerprint density at radius 2 is 2.17 bits per heavy atom. The number of carbonyl (C=O) groups excluding carboxylic acids is 1. The Morgan fingerprint density at radius 1 is 1.46 bits per heavy atom. The zero-order chi connectivity index (χ0) is 17.6. The van der Waals surface area contributed by atoms with Crippen molar-refractivity contribution in [2.24, 2.45) is 17.3 Å². The Labute approximate surface area is 145 Å². The van der Waals surface area contributed by atoms with Gasteiger partial charge < -0.3 is 4.74 Å². The normalized spacial score (nSPS) is 21.5. The predicted octanol–water partition coefficient (Wildman–Crippen LogP) is 3.35. The SMILES string of the molecule is CC(C)=C[C@H]1[C@@H](C(=O)OCc2cc(=O)n3c(C)csc3n2)C1(C)C. The van der Waals surface area contributed by atoms with E-state index in [0.717, 1.165) is 5.69 Å². The van der Waals surface area contributed by atoms with Crippen LogP contribution in [-0.4, -0.2) is 15.4 Å². The molecule has 0 radical (unpaired) electrons. The van der Waals surface area contributed by atoms with Gasteiger partial charge in [-0.2, -0.15) is 0 Å². The highest BCUT2D eigenvalue weighted by Gasteiger charge is 2.61. The highest BCUT2D eigenvalue weighted by atomic mass is 32.1. The lowest BCUT2D eigenvalue weighted by molar-refractivity contribution is -0.147. The summed E-state index contributed by atoms with van der Waals surface area (Å²) in [5, 5.41) is 1.89. The van der Waals surface area contributed by atoms with Crippen LogP contribution in [0.15, 0.2) is 27.9 Å². The summed E-state index contributed by atoms with van der Waals surface area (Å²) in [5.74, 6) is -0.121. The molecular weight excluding hydrogens is 324 g/mol. The number of nitrogens with zero attached hydrogens (tertiary/aromatic N) is 2. The molecule has 0 aliphatic heterocycles. The van der Waals surface area contributed by atoms with Crippen molar-refractivity contribution >= 4 is 22.3 Å². The van der Waals surface area contributed by atoms with Crippen molar-refractivity contribution in [1.82, 2.24) is 9.38 Å². The Balaban J connectivity index is 1.71. The highest BCUT2D eigenvalue weighted by Crippen LogP contribution is 2.59. The Bertz CT molecular complexity index is 887. The largest absolute Gasteiger partial charge is 0.459 e. The van der Waals surface area contributed by atoms with E-state index in [4.69, 9.17) is 4.74 Å². The zero-order valence-electron chi connectivity index (χ0n) is 14.6. The van der Waals surface area contributed by atoms with E-state index in [2.05, 4.69) is 24.9 Å². The molecule has 1 saturated carbocycles. The van der Waals surface area contributed by atoms with Gasteiger partial charge in [-0.3, -0.25) is 14.0 Å². The number of esters is 1. The molecule has 0 aromatic carbocycles. The fourth-order valence-corrected chi connectivity index (χ4v) is 4.10. The summed E-state index contributed by atoms with van der Waals surface area (Å²) in [6, 6.07) is 1.44. The van der Waals surface area contributed by atoms with E-state index in [1.54, 1.807) is 4.40 Å². The Kier molecular flexibility index (Phi) is 4.11. The molecule has 1 aliphatic carbocycles. The average Bonchev–Trinajstić information content (AvgIpc) is 2.82. The van der Waals surface area contributed by atoms with E-state index < -0.39 is 0 Å². The second-order valence-corrected chi connectivity index (χ2v) is 8.09. The fourth-order valence-electron chi connectivity index (χ4n) is 3.21. The summed E-state index contributed by atoms with van der Waals surface area (Å²) < 4.78 is 7.00. The van der Waals surface area contributed by atoms with Gasteiger partial charge in [0.1, 0.15) is 6.61 Å². The average molecular weight is 346 g/mol. The van der Waals surface area contributed by atoms with Crippen molar-refractivity contribution in [1.29, 1.82) is 0 Å². The summed E-state index contributed by atoms with van der Waals surface area (Å²) in [7, 11) is 0. The molecule has 0 bridgehead atoms. The third-order valence-electron chi connectivity index (χ3n) is 4.67. The van der Waals surface area contributed by atoms with Crippen molar-refractivity contribution in [2.75, 3.05) is 0 Å². The molecular formula is C18H22N2O3S. The van der Waals surface area contributed by atoms with Gasteiger partial charge >= 0.3 is 5.97 Å². The highest BCUT2D eigenvalue weighted by molar-refractivity contribution is 7.15. The number of hydrogen-bond acceptors (Lipinski definition) is 5. The number of rotatable bonds is 4. The second kappa shape index (κ2) is 5.84. The molecule has 1 aliphatic rings. The first-order valence-electron chi connectivity index (χ1n) is 8.00. The van der Waals surface area contributed by atoms with Gasteiger partial charge in [-0.15, -0.1) is 11.3 Å². The van der Waals surface area contributed by atoms with Gasteiger partial charge in [-0.1, -0.05) is 25.5 Å². The maximum atomic E-state index is 12.4. The van der Waals surface area contributed by atoms with E-state index in [-0.39, 0.29) is 35.4 Å². The summed E-state index contributed by atoms with van der Waals surface area (Å²) in [5.41, 5.74) is 2.35. The van der Waals surface area contributed by atoms with Crippen molar-refractivity contribution in [2.45, 2.75) is 41.2 Å². The maximum Gasteiger partial charge on any atom is 0.310 e. The topological polar surface area (TPSA) is 60.7 Å². The smallest absolute Gasteiger partial charge is 0.310 e. The molecule has 2 aromatic heterocycles. The van der Waals surface area contributed by atoms with Crippen molar-refractivity contribution in [3.63, 3.8) is 0 Å². The molecule has 2 heterocycles. The lowest BCUT2D eigenvalue weighted by Crippen LogP contribution is -2.17. The minimum absolute atomic E-state index is 0.0373. The maximum absolute atomic E-state index is 12.4. The molecule has 24 heavy (non-hydrogen) atoms. The van der Waals surface area contributed by atoms with Crippen LogP contribution in [0.3, 0.4) is 0 Å². The first-order valence-corrected chi connectivity index (χ1v) is 8.88. The van der Waals surface area contributed by atoms with Gasteiger partial charge in [0.25, 0.3) is 5.56 Å². The summed E-state index contributed by atoms with van der Waals surface area (Å²) >= 11 is 1.41. The quantitative estimate of drug-likeness (QED) is 0.629. The van der Waals surface area contributed by atoms with Gasteiger partial charge in [0.05, 0.1) is 11.6 Å². The monoisotopic (exact) mass is 346 g/mol. The number of allylic oxidation sites excluding steroid dienone is 2. The molecule has 0 unspecified atom stereocenters. The van der Waals surface area contributed by atoms with E-state index in [1.165, 1.54) is 23.0 Å². The van der Waals surface area contributed by atoms with Gasteiger partial charge in [0, 0.05) is 17.1 Å². The van der Waals surface area contributed by atoms with Gasteiger partial charge in [0.2, 0.25) is 0 Å². The lowest BCUT2D eigenvalue weighted by Gasteiger charge is -2.05. The molecule has 0 N–H and O–H groups in total. The number of carbonyl (C=O) groups is 1. The molecule has 5 nitrogen and oxygen atoms in total. The van der Waals surface area contributed by atoms with Crippen LogP contribution in [0.5, 0.6) is 0 Å². The van der Waals surface area contributed by atoms with Crippen molar-refractivity contribution < 1.29 is 9.53 Å². The minimum Gasteiger partial charge on any atom is -0.459 e. The van der Waals surface area contributed by atoms with Crippen LogP contribution in [0.4, 0.5) is 0 Å².